The normalized spacial score (nSPS) is 11.5. The Morgan fingerprint density at radius 1 is 0.275 bits per heavy atom. The summed E-state index contributed by atoms with van der Waals surface area (Å²) in [5, 5.41) is 5.46. The first kappa shape index (κ1) is 29.9. The second-order valence-electron chi connectivity index (χ2n) is 12.9. The van der Waals surface area contributed by atoms with Crippen LogP contribution in [0.2, 0.25) is 0 Å². The summed E-state index contributed by atoms with van der Waals surface area (Å²) in [6.07, 6.45) is 0. The molecule has 0 bridgehead atoms. The molecule has 0 N–H and O–H groups in total. The molecule has 2 aromatic heterocycles. The van der Waals surface area contributed by atoms with E-state index in [-0.39, 0.29) is 0 Å². The highest BCUT2D eigenvalue weighted by Crippen LogP contribution is 2.47. The molecule has 3 heteroatoms. The standard InChI is InChI=1S/C48H31NS2/c1-3-12-32(13-4-1)38-16-7-8-17-39(38)33-22-26-36(27-23-33)49(35-14-5-2-6-15-35)37-28-24-34(25-29-37)40-19-11-21-43-46(40)48-45(51-43)31-30-44-47(48)41-18-9-10-20-42(41)50-44/h1-31H. The first-order valence-electron chi connectivity index (χ1n) is 17.3. The fourth-order valence-corrected chi connectivity index (χ4v) is 9.83. The van der Waals surface area contributed by atoms with Crippen molar-refractivity contribution < 1.29 is 0 Å². The summed E-state index contributed by atoms with van der Waals surface area (Å²) in [6.45, 7) is 0. The van der Waals surface area contributed by atoms with Crippen LogP contribution in [0.4, 0.5) is 17.1 Å². The maximum Gasteiger partial charge on any atom is 0.0462 e. The van der Waals surface area contributed by atoms with Gasteiger partial charge in [-0.2, -0.15) is 0 Å². The van der Waals surface area contributed by atoms with Crippen molar-refractivity contribution in [1.29, 1.82) is 0 Å². The molecule has 10 rings (SSSR count). The van der Waals surface area contributed by atoms with E-state index in [0.717, 1.165) is 17.1 Å². The van der Waals surface area contributed by atoms with Gasteiger partial charge in [0.15, 0.2) is 0 Å². The summed E-state index contributed by atoms with van der Waals surface area (Å²) in [5.41, 5.74) is 10.8. The van der Waals surface area contributed by atoms with Crippen molar-refractivity contribution in [3.63, 3.8) is 0 Å². The molecule has 0 spiro atoms. The summed E-state index contributed by atoms with van der Waals surface area (Å²) in [6, 6.07) is 68.3. The Morgan fingerprint density at radius 2 is 0.725 bits per heavy atom. The van der Waals surface area contributed by atoms with Gasteiger partial charge in [0, 0.05) is 57.4 Å². The van der Waals surface area contributed by atoms with Crippen LogP contribution in [0.3, 0.4) is 0 Å². The van der Waals surface area contributed by atoms with Crippen molar-refractivity contribution in [2.45, 2.75) is 0 Å². The highest BCUT2D eigenvalue weighted by atomic mass is 32.1. The summed E-state index contributed by atoms with van der Waals surface area (Å²) >= 11 is 3.78. The Labute approximate surface area is 304 Å². The molecule has 0 unspecified atom stereocenters. The first-order chi connectivity index (χ1) is 25.3. The summed E-state index contributed by atoms with van der Waals surface area (Å²) < 4.78 is 5.36. The number of fused-ring (bicyclic) bond motifs is 7. The van der Waals surface area contributed by atoms with Gasteiger partial charge in [0.05, 0.1) is 0 Å². The fourth-order valence-electron chi connectivity index (χ4n) is 7.57. The SMILES string of the molecule is c1ccc(-c2ccccc2-c2ccc(N(c3ccccc3)c3ccc(-c4cccc5sc6ccc7sc8ccccc8c7c6c45)cc3)cc2)cc1. The molecule has 1 nitrogen and oxygen atoms in total. The lowest BCUT2D eigenvalue weighted by atomic mass is 9.94. The minimum Gasteiger partial charge on any atom is -0.311 e. The molecule has 0 amide bonds. The molecule has 0 aliphatic carbocycles. The van der Waals surface area contributed by atoms with E-state index in [4.69, 9.17) is 0 Å². The number of benzene rings is 8. The number of rotatable bonds is 6. The molecule has 2 heterocycles. The van der Waals surface area contributed by atoms with Crippen molar-refractivity contribution in [2.24, 2.45) is 0 Å². The van der Waals surface area contributed by atoms with Crippen LogP contribution in [0.15, 0.2) is 188 Å². The molecule has 240 valence electrons. The molecular formula is C48H31NS2. The smallest absolute Gasteiger partial charge is 0.0462 e. The lowest BCUT2D eigenvalue weighted by Gasteiger charge is -2.26. The minimum absolute atomic E-state index is 1.12. The predicted octanol–water partition coefficient (Wildman–Crippen LogP) is 14.9. The third-order valence-electron chi connectivity index (χ3n) is 9.90. The van der Waals surface area contributed by atoms with Crippen LogP contribution in [-0.2, 0) is 0 Å². The van der Waals surface area contributed by atoms with Gasteiger partial charge in [0.25, 0.3) is 0 Å². The van der Waals surface area contributed by atoms with E-state index in [2.05, 4.69) is 193 Å². The van der Waals surface area contributed by atoms with Gasteiger partial charge in [0.1, 0.15) is 0 Å². The Balaban J connectivity index is 1.07. The van der Waals surface area contributed by atoms with E-state index in [1.54, 1.807) is 0 Å². The van der Waals surface area contributed by atoms with E-state index in [9.17, 15) is 0 Å². The Kier molecular flexibility index (Phi) is 7.26. The maximum absolute atomic E-state index is 2.35. The van der Waals surface area contributed by atoms with Crippen molar-refractivity contribution in [1.82, 2.24) is 0 Å². The Hall–Kier alpha value is -6.00. The molecule has 0 aliphatic rings. The molecule has 10 aromatic rings. The van der Waals surface area contributed by atoms with Crippen LogP contribution >= 0.6 is 22.7 Å². The molecule has 0 aliphatic heterocycles. The monoisotopic (exact) mass is 685 g/mol. The van der Waals surface area contributed by atoms with Crippen molar-refractivity contribution in [2.75, 3.05) is 4.90 Å². The maximum atomic E-state index is 2.35. The highest BCUT2D eigenvalue weighted by Gasteiger charge is 2.18. The summed E-state index contributed by atoms with van der Waals surface area (Å²) in [4.78, 5) is 2.35. The van der Waals surface area contributed by atoms with Crippen molar-refractivity contribution in [3.8, 4) is 33.4 Å². The number of para-hydroxylation sites is 1. The molecule has 0 radical (unpaired) electrons. The third-order valence-corrected chi connectivity index (χ3v) is 12.2. The molecule has 0 atom stereocenters. The van der Waals surface area contributed by atoms with Crippen molar-refractivity contribution in [3.05, 3.63) is 188 Å². The average Bonchev–Trinajstić information content (AvgIpc) is 3.78. The lowest BCUT2D eigenvalue weighted by molar-refractivity contribution is 1.28. The van der Waals surface area contributed by atoms with Crippen molar-refractivity contribution >= 4 is 80.1 Å². The number of hydrogen-bond acceptors (Lipinski definition) is 3. The zero-order valence-corrected chi connectivity index (χ0v) is 29.3. The van der Waals surface area contributed by atoms with Gasteiger partial charge in [-0.15, -0.1) is 22.7 Å². The first-order valence-corrected chi connectivity index (χ1v) is 18.9. The van der Waals surface area contributed by atoms with Crippen LogP contribution in [0.25, 0.3) is 73.7 Å². The summed E-state index contributed by atoms with van der Waals surface area (Å²) in [7, 11) is 0. The van der Waals surface area contributed by atoms with Crippen LogP contribution < -0.4 is 4.90 Å². The van der Waals surface area contributed by atoms with Gasteiger partial charge in [0.2, 0.25) is 0 Å². The Bertz CT molecular complexity index is 2830. The molecular weight excluding hydrogens is 655 g/mol. The number of thiophene rings is 2. The van der Waals surface area contributed by atoms with Gasteiger partial charge in [-0.3, -0.25) is 0 Å². The van der Waals surface area contributed by atoms with Gasteiger partial charge < -0.3 is 4.90 Å². The average molecular weight is 686 g/mol. The molecule has 8 aromatic carbocycles. The van der Waals surface area contributed by atoms with E-state index in [0.29, 0.717) is 0 Å². The van der Waals surface area contributed by atoms with Crippen LogP contribution in [-0.4, -0.2) is 0 Å². The number of hydrogen-bond donors (Lipinski definition) is 0. The highest BCUT2D eigenvalue weighted by molar-refractivity contribution is 7.28. The lowest BCUT2D eigenvalue weighted by Crippen LogP contribution is -2.09. The Morgan fingerprint density at radius 3 is 1.41 bits per heavy atom. The fraction of sp³-hybridized carbons (Fsp3) is 0. The van der Waals surface area contributed by atoms with E-state index < -0.39 is 0 Å². The van der Waals surface area contributed by atoms with Gasteiger partial charge in [-0.1, -0.05) is 127 Å². The quantitative estimate of drug-likeness (QED) is 0.168. The number of nitrogens with zero attached hydrogens (tertiary/aromatic N) is 1. The van der Waals surface area contributed by atoms with Crippen LogP contribution in [0, 0.1) is 0 Å². The number of anilines is 3. The largest absolute Gasteiger partial charge is 0.311 e. The topological polar surface area (TPSA) is 3.24 Å². The third kappa shape index (κ3) is 5.13. The minimum atomic E-state index is 1.12. The van der Waals surface area contributed by atoms with Gasteiger partial charge in [-0.05, 0) is 94.0 Å². The van der Waals surface area contributed by atoms with E-state index in [1.165, 1.54) is 73.7 Å². The predicted molar refractivity (Wildman–Crippen MR) is 223 cm³/mol. The molecule has 0 saturated carbocycles. The zero-order valence-electron chi connectivity index (χ0n) is 27.7. The molecule has 0 saturated heterocycles. The van der Waals surface area contributed by atoms with Crippen LogP contribution in [0.5, 0.6) is 0 Å². The van der Waals surface area contributed by atoms with E-state index >= 15 is 0 Å². The molecule has 0 fully saturated rings. The van der Waals surface area contributed by atoms with Crippen LogP contribution in [0.1, 0.15) is 0 Å². The summed E-state index contributed by atoms with van der Waals surface area (Å²) in [5.74, 6) is 0. The second-order valence-corrected chi connectivity index (χ2v) is 15.0. The second kappa shape index (κ2) is 12.4. The van der Waals surface area contributed by atoms with Gasteiger partial charge in [-0.25, -0.2) is 0 Å². The van der Waals surface area contributed by atoms with Gasteiger partial charge >= 0.3 is 0 Å². The molecule has 51 heavy (non-hydrogen) atoms. The zero-order chi connectivity index (χ0) is 33.7. The van der Waals surface area contributed by atoms with E-state index in [1.807, 2.05) is 22.7 Å².